The molecule has 0 spiro atoms. The standard InChI is InChI=1S/C14H19F3NO3P/c1-13(2,3)21-12(19)18-11-7-6-9(22(4,5)20)8-10(11)14(15,16)17/h6-8H,1-5H3,(H,18,19). The lowest BCUT2D eigenvalue weighted by molar-refractivity contribution is -0.136. The molecule has 1 N–H and O–H groups in total. The maximum atomic E-state index is 13.1. The predicted octanol–water partition coefficient (Wildman–Crippen LogP) is 4.30. The Morgan fingerprint density at radius 3 is 2.14 bits per heavy atom. The zero-order valence-electron chi connectivity index (χ0n) is 13.0. The number of nitrogens with one attached hydrogen (secondary N) is 1. The smallest absolute Gasteiger partial charge is 0.418 e. The van der Waals surface area contributed by atoms with E-state index in [1.54, 1.807) is 20.8 Å². The fraction of sp³-hybridized carbons (Fsp3) is 0.500. The van der Waals surface area contributed by atoms with Gasteiger partial charge in [0.25, 0.3) is 0 Å². The molecule has 0 unspecified atom stereocenters. The lowest BCUT2D eigenvalue weighted by atomic mass is 10.1. The van der Waals surface area contributed by atoms with E-state index < -0.39 is 36.3 Å². The van der Waals surface area contributed by atoms with Gasteiger partial charge in [-0.1, -0.05) is 0 Å². The van der Waals surface area contributed by atoms with Crippen molar-refractivity contribution in [1.29, 1.82) is 0 Å². The number of alkyl halides is 3. The quantitative estimate of drug-likeness (QED) is 0.819. The first-order chi connectivity index (χ1) is 9.70. The minimum atomic E-state index is -4.68. The second-order valence-electron chi connectivity index (χ2n) is 6.21. The summed E-state index contributed by atoms with van der Waals surface area (Å²) in [5.41, 5.74) is -2.32. The molecule has 124 valence electrons. The third-order valence-electron chi connectivity index (χ3n) is 2.57. The van der Waals surface area contributed by atoms with Crippen molar-refractivity contribution in [2.24, 2.45) is 0 Å². The number of benzene rings is 1. The van der Waals surface area contributed by atoms with Crippen LogP contribution in [0.1, 0.15) is 26.3 Å². The fourth-order valence-corrected chi connectivity index (χ4v) is 2.50. The summed E-state index contributed by atoms with van der Waals surface area (Å²) in [6.45, 7) is 7.56. The van der Waals surface area contributed by atoms with Gasteiger partial charge in [0.05, 0.1) is 11.3 Å². The molecule has 1 aromatic rings. The Morgan fingerprint density at radius 1 is 1.18 bits per heavy atom. The highest BCUT2D eigenvalue weighted by atomic mass is 31.2. The highest BCUT2D eigenvalue weighted by Gasteiger charge is 2.35. The van der Waals surface area contributed by atoms with Crippen LogP contribution in [-0.4, -0.2) is 25.0 Å². The average Bonchev–Trinajstić information content (AvgIpc) is 2.23. The van der Waals surface area contributed by atoms with Crippen LogP contribution in [0.2, 0.25) is 0 Å². The van der Waals surface area contributed by atoms with Gasteiger partial charge < -0.3 is 9.30 Å². The average molecular weight is 337 g/mol. The van der Waals surface area contributed by atoms with Crippen LogP contribution in [0.25, 0.3) is 0 Å². The minimum Gasteiger partial charge on any atom is -0.444 e. The highest BCUT2D eigenvalue weighted by molar-refractivity contribution is 7.70. The summed E-state index contributed by atoms with van der Waals surface area (Å²) in [7, 11) is -2.85. The van der Waals surface area contributed by atoms with E-state index in [0.717, 1.165) is 12.1 Å². The van der Waals surface area contributed by atoms with Gasteiger partial charge in [-0.3, -0.25) is 5.32 Å². The molecule has 1 aromatic carbocycles. The van der Waals surface area contributed by atoms with Gasteiger partial charge in [0.15, 0.2) is 0 Å². The second kappa shape index (κ2) is 5.95. The van der Waals surface area contributed by atoms with Gasteiger partial charge in [-0.05, 0) is 52.3 Å². The Kier molecular flexibility index (Phi) is 5.02. The van der Waals surface area contributed by atoms with Crippen LogP contribution in [0.15, 0.2) is 18.2 Å². The lowest BCUT2D eigenvalue weighted by Crippen LogP contribution is -2.28. The number of ether oxygens (including phenoxy) is 1. The van der Waals surface area contributed by atoms with Gasteiger partial charge in [0.2, 0.25) is 0 Å². The van der Waals surface area contributed by atoms with Gasteiger partial charge in [-0.2, -0.15) is 13.2 Å². The third-order valence-corrected chi connectivity index (χ3v) is 4.09. The summed E-state index contributed by atoms with van der Waals surface area (Å²) in [5, 5.41) is 2.17. The number of amides is 1. The summed E-state index contributed by atoms with van der Waals surface area (Å²) in [6, 6.07) is 3.19. The molecule has 0 bridgehead atoms. The van der Waals surface area contributed by atoms with Gasteiger partial charge in [-0.25, -0.2) is 4.79 Å². The molecular formula is C14H19F3NO3P. The molecule has 8 heteroatoms. The number of carbonyl (C=O) groups is 1. The summed E-state index contributed by atoms with van der Waals surface area (Å²) in [5.74, 6) is 0. The molecule has 4 nitrogen and oxygen atoms in total. The topological polar surface area (TPSA) is 55.4 Å². The zero-order chi connectivity index (χ0) is 17.3. The molecule has 0 aliphatic carbocycles. The third kappa shape index (κ3) is 5.37. The first-order valence-electron chi connectivity index (χ1n) is 6.47. The van der Waals surface area contributed by atoms with E-state index in [1.807, 2.05) is 0 Å². The van der Waals surface area contributed by atoms with Gasteiger partial charge in [0.1, 0.15) is 12.7 Å². The molecule has 0 heterocycles. The van der Waals surface area contributed by atoms with E-state index in [1.165, 1.54) is 19.4 Å². The zero-order valence-corrected chi connectivity index (χ0v) is 13.9. The number of halogens is 3. The predicted molar refractivity (Wildman–Crippen MR) is 80.4 cm³/mol. The van der Waals surface area contributed by atoms with E-state index in [2.05, 4.69) is 5.32 Å². The lowest BCUT2D eigenvalue weighted by Gasteiger charge is -2.21. The van der Waals surface area contributed by atoms with Gasteiger partial charge >= 0.3 is 12.3 Å². The van der Waals surface area contributed by atoms with Crippen LogP contribution in [0.5, 0.6) is 0 Å². The number of hydrogen-bond acceptors (Lipinski definition) is 3. The van der Waals surface area contributed by atoms with Crippen molar-refractivity contribution in [2.45, 2.75) is 32.5 Å². The molecule has 0 aliphatic rings. The molecule has 22 heavy (non-hydrogen) atoms. The molecule has 1 rings (SSSR count). The molecule has 0 saturated carbocycles. The van der Waals surface area contributed by atoms with Crippen LogP contribution >= 0.6 is 7.14 Å². The first kappa shape index (κ1) is 18.6. The van der Waals surface area contributed by atoms with Crippen molar-refractivity contribution in [2.75, 3.05) is 18.6 Å². The normalized spacial score (nSPS) is 12.9. The number of anilines is 1. The molecule has 0 aliphatic heterocycles. The Balaban J connectivity index is 3.20. The summed E-state index contributed by atoms with van der Waals surface area (Å²) < 4.78 is 56.2. The Hall–Kier alpha value is -1.49. The van der Waals surface area contributed by atoms with Crippen molar-refractivity contribution in [3.05, 3.63) is 23.8 Å². The van der Waals surface area contributed by atoms with E-state index in [4.69, 9.17) is 4.74 Å². The molecule has 1 amide bonds. The van der Waals surface area contributed by atoms with E-state index in [9.17, 15) is 22.5 Å². The van der Waals surface area contributed by atoms with E-state index >= 15 is 0 Å². The SMILES string of the molecule is CC(C)(C)OC(=O)Nc1ccc(P(C)(C)=O)cc1C(F)(F)F. The first-order valence-corrected chi connectivity index (χ1v) is 9.07. The minimum absolute atomic E-state index is 0.0922. The van der Waals surface area contributed by atoms with Crippen molar-refractivity contribution < 1.29 is 27.3 Å². The molecule has 0 saturated heterocycles. The van der Waals surface area contributed by atoms with Crippen LogP contribution in [0.4, 0.5) is 23.7 Å². The molecular weight excluding hydrogens is 318 g/mol. The monoisotopic (exact) mass is 337 g/mol. The Morgan fingerprint density at radius 2 is 1.73 bits per heavy atom. The Bertz CT molecular complexity index is 615. The summed E-state index contributed by atoms with van der Waals surface area (Å²) in [6.07, 6.45) is -5.67. The van der Waals surface area contributed by atoms with Crippen LogP contribution in [0, 0.1) is 0 Å². The van der Waals surface area contributed by atoms with Gasteiger partial charge in [-0.15, -0.1) is 0 Å². The van der Waals surface area contributed by atoms with Crippen LogP contribution in [0.3, 0.4) is 0 Å². The maximum absolute atomic E-state index is 13.1. The van der Waals surface area contributed by atoms with Crippen molar-refractivity contribution >= 4 is 24.2 Å². The fourth-order valence-electron chi connectivity index (χ4n) is 1.62. The number of hydrogen-bond donors (Lipinski definition) is 1. The molecule has 0 aromatic heterocycles. The van der Waals surface area contributed by atoms with Crippen molar-refractivity contribution in [1.82, 2.24) is 0 Å². The molecule has 0 atom stereocenters. The van der Waals surface area contributed by atoms with Gasteiger partial charge in [0, 0.05) is 5.30 Å². The van der Waals surface area contributed by atoms with E-state index in [0.29, 0.717) is 0 Å². The van der Waals surface area contributed by atoms with Crippen molar-refractivity contribution in [3.8, 4) is 0 Å². The number of carbonyl (C=O) groups excluding carboxylic acids is 1. The van der Waals surface area contributed by atoms with Crippen molar-refractivity contribution in [3.63, 3.8) is 0 Å². The Labute approximate surface area is 127 Å². The second-order valence-corrected chi connectivity index (χ2v) is 9.42. The maximum Gasteiger partial charge on any atom is 0.418 e. The highest BCUT2D eigenvalue weighted by Crippen LogP contribution is 2.40. The van der Waals surface area contributed by atoms with Crippen LogP contribution in [-0.2, 0) is 15.5 Å². The number of rotatable bonds is 2. The molecule has 0 fully saturated rings. The molecule has 0 radical (unpaired) electrons. The summed E-state index contributed by atoms with van der Waals surface area (Å²) in [4.78, 5) is 11.6. The largest absolute Gasteiger partial charge is 0.444 e. The van der Waals surface area contributed by atoms with E-state index in [-0.39, 0.29) is 5.30 Å². The summed E-state index contributed by atoms with van der Waals surface area (Å²) >= 11 is 0. The van der Waals surface area contributed by atoms with Crippen LogP contribution < -0.4 is 10.6 Å².